The lowest BCUT2D eigenvalue weighted by molar-refractivity contribution is 0.101. The van der Waals surface area contributed by atoms with Gasteiger partial charge in [-0.3, -0.25) is 4.79 Å². The molecule has 1 N–H and O–H groups in total. The molecular weight excluding hydrogens is 408 g/mol. The van der Waals surface area contributed by atoms with Crippen molar-refractivity contribution >= 4 is 23.2 Å². The highest BCUT2D eigenvalue weighted by atomic mass is 35.5. The largest absolute Gasteiger partial charge is 0.319 e. The van der Waals surface area contributed by atoms with Gasteiger partial charge in [0.15, 0.2) is 5.82 Å². The van der Waals surface area contributed by atoms with Crippen molar-refractivity contribution in [3.63, 3.8) is 0 Å². The minimum absolute atomic E-state index is 0.102. The van der Waals surface area contributed by atoms with Crippen LogP contribution in [-0.2, 0) is 0 Å². The molecule has 0 unspecified atom stereocenters. The van der Waals surface area contributed by atoms with Crippen molar-refractivity contribution in [2.24, 2.45) is 0 Å². The Morgan fingerprint density at radius 1 is 0.871 bits per heavy atom. The van der Waals surface area contributed by atoms with Crippen LogP contribution in [0.3, 0.4) is 0 Å². The Hall–Kier alpha value is -3.44. The van der Waals surface area contributed by atoms with Crippen molar-refractivity contribution in [3.05, 3.63) is 93.8 Å². The van der Waals surface area contributed by atoms with Crippen molar-refractivity contribution in [2.75, 3.05) is 5.32 Å². The van der Waals surface area contributed by atoms with Crippen molar-refractivity contribution in [1.29, 1.82) is 0 Å². The Bertz CT molecular complexity index is 1280. The summed E-state index contributed by atoms with van der Waals surface area (Å²) in [6, 6.07) is 19.3. The van der Waals surface area contributed by atoms with Gasteiger partial charge in [-0.15, -0.1) is 5.10 Å². The first-order valence-electron chi connectivity index (χ1n) is 10.0. The molecule has 0 aliphatic rings. The van der Waals surface area contributed by atoms with Gasteiger partial charge in [-0.25, -0.2) is 9.67 Å². The molecule has 4 aromatic rings. The van der Waals surface area contributed by atoms with Crippen LogP contribution in [0, 0.1) is 27.7 Å². The molecule has 0 atom stereocenters. The fourth-order valence-corrected chi connectivity index (χ4v) is 3.66. The van der Waals surface area contributed by atoms with Crippen molar-refractivity contribution in [2.45, 2.75) is 27.7 Å². The van der Waals surface area contributed by atoms with Crippen molar-refractivity contribution in [3.8, 4) is 17.1 Å². The molecule has 31 heavy (non-hydrogen) atoms. The number of benzene rings is 3. The Kier molecular flexibility index (Phi) is 5.61. The van der Waals surface area contributed by atoms with Crippen LogP contribution >= 0.6 is 11.6 Å². The molecule has 1 aromatic heterocycles. The number of carbonyl (C=O) groups excluding carboxylic acids is 1. The molecule has 4 rings (SSSR count). The van der Waals surface area contributed by atoms with Gasteiger partial charge >= 0.3 is 0 Å². The van der Waals surface area contributed by atoms with E-state index in [2.05, 4.69) is 21.5 Å². The third-order valence-electron chi connectivity index (χ3n) is 5.12. The molecule has 5 nitrogen and oxygen atoms in total. The van der Waals surface area contributed by atoms with Crippen LogP contribution in [0.2, 0.25) is 5.02 Å². The zero-order chi connectivity index (χ0) is 22.1. The summed E-state index contributed by atoms with van der Waals surface area (Å²) in [7, 11) is 0. The fourth-order valence-electron chi connectivity index (χ4n) is 3.54. The van der Waals surface area contributed by atoms with Gasteiger partial charge in [-0.2, -0.15) is 0 Å². The number of nitrogens with zero attached hydrogens (tertiary/aromatic N) is 3. The van der Waals surface area contributed by atoms with Crippen molar-refractivity contribution in [1.82, 2.24) is 14.8 Å². The molecule has 0 saturated carbocycles. The zero-order valence-corrected chi connectivity index (χ0v) is 18.7. The first-order chi connectivity index (χ1) is 14.8. The second-order valence-corrected chi connectivity index (χ2v) is 8.18. The maximum Gasteiger partial charge on any atom is 0.295 e. The van der Waals surface area contributed by atoms with Gasteiger partial charge in [-0.05, 0) is 75.2 Å². The van der Waals surface area contributed by atoms with Crippen LogP contribution in [-0.4, -0.2) is 20.7 Å². The number of nitrogens with one attached hydrogen (secondary N) is 1. The molecule has 6 heteroatoms. The van der Waals surface area contributed by atoms with E-state index >= 15 is 0 Å². The summed E-state index contributed by atoms with van der Waals surface area (Å²) < 4.78 is 1.72. The van der Waals surface area contributed by atoms with Gasteiger partial charge in [0.25, 0.3) is 5.91 Å². The average molecular weight is 431 g/mol. The smallest absolute Gasteiger partial charge is 0.295 e. The molecule has 1 heterocycles. The Labute approximate surface area is 186 Å². The molecule has 0 fully saturated rings. The number of aromatic nitrogens is 3. The van der Waals surface area contributed by atoms with E-state index in [0.717, 1.165) is 39.2 Å². The van der Waals surface area contributed by atoms with Crippen LogP contribution < -0.4 is 5.32 Å². The van der Waals surface area contributed by atoms with Gasteiger partial charge in [0.05, 0.1) is 5.69 Å². The minimum Gasteiger partial charge on any atom is -0.319 e. The number of halogens is 1. The highest BCUT2D eigenvalue weighted by Gasteiger charge is 2.20. The predicted molar refractivity (Wildman–Crippen MR) is 125 cm³/mol. The Balaban J connectivity index is 1.79. The number of hydrogen-bond donors (Lipinski definition) is 1. The van der Waals surface area contributed by atoms with E-state index in [9.17, 15) is 4.79 Å². The SMILES string of the molecule is Cc1ccc(NC(=O)c2nc(-c3ccc(Cl)cc3)n(-c3ccc(C)cc3C)n2)c(C)c1. The van der Waals surface area contributed by atoms with E-state index < -0.39 is 0 Å². The lowest BCUT2D eigenvalue weighted by atomic mass is 10.1. The van der Waals surface area contributed by atoms with E-state index in [0.29, 0.717) is 10.8 Å². The molecule has 0 spiro atoms. The summed E-state index contributed by atoms with van der Waals surface area (Å²) in [6.07, 6.45) is 0. The molecule has 156 valence electrons. The first-order valence-corrected chi connectivity index (χ1v) is 10.4. The van der Waals surface area contributed by atoms with Gasteiger partial charge in [0, 0.05) is 16.3 Å². The summed E-state index contributed by atoms with van der Waals surface area (Å²) in [5.74, 6) is 0.324. The van der Waals surface area contributed by atoms with E-state index in [1.807, 2.05) is 70.2 Å². The first kappa shape index (κ1) is 20.8. The maximum absolute atomic E-state index is 13.0. The summed E-state index contributed by atoms with van der Waals surface area (Å²) in [6.45, 7) is 8.04. The molecule has 0 aliphatic carbocycles. The third-order valence-corrected chi connectivity index (χ3v) is 5.38. The second kappa shape index (κ2) is 8.36. The van der Waals surface area contributed by atoms with E-state index in [-0.39, 0.29) is 11.7 Å². The topological polar surface area (TPSA) is 59.8 Å². The van der Waals surface area contributed by atoms with Gasteiger partial charge in [0.1, 0.15) is 0 Å². The van der Waals surface area contributed by atoms with Gasteiger partial charge in [0.2, 0.25) is 5.82 Å². The van der Waals surface area contributed by atoms with E-state index in [1.54, 1.807) is 16.8 Å². The number of hydrogen-bond acceptors (Lipinski definition) is 3. The van der Waals surface area contributed by atoms with Crippen LogP contribution in [0.5, 0.6) is 0 Å². The summed E-state index contributed by atoms with van der Waals surface area (Å²) in [5, 5.41) is 8.14. The predicted octanol–water partition coefficient (Wildman–Crippen LogP) is 6.07. The molecule has 3 aromatic carbocycles. The highest BCUT2D eigenvalue weighted by molar-refractivity contribution is 6.30. The quantitative estimate of drug-likeness (QED) is 0.427. The number of rotatable bonds is 4. The van der Waals surface area contributed by atoms with Gasteiger partial charge < -0.3 is 5.32 Å². The molecule has 0 saturated heterocycles. The average Bonchev–Trinajstić information content (AvgIpc) is 3.16. The maximum atomic E-state index is 13.0. The van der Waals surface area contributed by atoms with E-state index in [1.165, 1.54) is 0 Å². The summed E-state index contributed by atoms with van der Waals surface area (Å²) in [5.41, 5.74) is 6.75. The standard InChI is InChI=1S/C25H23ClN4O/c1-15-5-11-21(17(3)13-15)27-25(31)23-28-24(19-7-9-20(26)10-8-19)30(29-23)22-12-6-16(2)14-18(22)4/h5-14H,1-4H3,(H,27,31). The van der Waals surface area contributed by atoms with Crippen molar-refractivity contribution < 1.29 is 4.79 Å². The number of amides is 1. The molecule has 1 amide bonds. The molecule has 0 bridgehead atoms. The highest BCUT2D eigenvalue weighted by Crippen LogP contribution is 2.26. The van der Waals surface area contributed by atoms with E-state index in [4.69, 9.17) is 11.6 Å². The zero-order valence-electron chi connectivity index (χ0n) is 17.9. The number of anilines is 1. The molecule has 0 aliphatic heterocycles. The van der Waals surface area contributed by atoms with Crippen LogP contribution in [0.4, 0.5) is 5.69 Å². The lowest BCUT2D eigenvalue weighted by Crippen LogP contribution is -2.15. The van der Waals surface area contributed by atoms with Crippen LogP contribution in [0.15, 0.2) is 60.7 Å². The fraction of sp³-hybridized carbons (Fsp3) is 0.160. The van der Waals surface area contributed by atoms with Crippen LogP contribution in [0.25, 0.3) is 17.1 Å². The third kappa shape index (κ3) is 4.37. The number of carbonyl (C=O) groups is 1. The lowest BCUT2D eigenvalue weighted by Gasteiger charge is -2.10. The summed E-state index contributed by atoms with van der Waals surface area (Å²) in [4.78, 5) is 17.6. The molecular formula is C25H23ClN4O. The molecule has 0 radical (unpaired) electrons. The second-order valence-electron chi connectivity index (χ2n) is 7.74. The number of aryl methyl sites for hydroxylation is 4. The Morgan fingerprint density at radius 3 is 2.16 bits per heavy atom. The Morgan fingerprint density at radius 2 is 1.52 bits per heavy atom. The minimum atomic E-state index is -0.356. The monoisotopic (exact) mass is 430 g/mol. The van der Waals surface area contributed by atoms with Gasteiger partial charge in [-0.1, -0.05) is 47.0 Å². The van der Waals surface area contributed by atoms with Crippen LogP contribution in [0.1, 0.15) is 32.9 Å². The summed E-state index contributed by atoms with van der Waals surface area (Å²) >= 11 is 6.06. The normalized spacial score (nSPS) is 10.9.